The largest absolute Gasteiger partial charge is 0.346 e. The molecule has 0 saturated carbocycles. The van der Waals surface area contributed by atoms with Gasteiger partial charge in [-0.25, -0.2) is 8.42 Å². The molecule has 0 spiro atoms. The van der Waals surface area contributed by atoms with Gasteiger partial charge in [0.25, 0.3) is 5.91 Å². The summed E-state index contributed by atoms with van der Waals surface area (Å²) in [7, 11) is -3.07. The Labute approximate surface area is 124 Å². The van der Waals surface area contributed by atoms with E-state index in [1.54, 1.807) is 31.2 Å². The maximum atomic E-state index is 12.4. The molecule has 21 heavy (non-hydrogen) atoms. The SMILES string of the molecule is CC1(NC(=O)c2ccccc2C#CCN)CCS(=O)(=O)C1. The minimum atomic E-state index is -3.07. The normalized spacial score (nSPS) is 23.1. The van der Waals surface area contributed by atoms with Crippen molar-refractivity contribution in [3.63, 3.8) is 0 Å². The maximum Gasteiger partial charge on any atom is 0.252 e. The number of nitrogens with one attached hydrogen (secondary N) is 1. The van der Waals surface area contributed by atoms with Crippen LogP contribution in [-0.2, 0) is 9.84 Å². The van der Waals surface area contributed by atoms with E-state index in [-0.39, 0.29) is 24.0 Å². The third kappa shape index (κ3) is 3.84. The Morgan fingerprint density at radius 2 is 2.14 bits per heavy atom. The van der Waals surface area contributed by atoms with Crippen molar-refractivity contribution >= 4 is 15.7 Å². The highest BCUT2D eigenvalue weighted by Crippen LogP contribution is 2.23. The Balaban J connectivity index is 2.22. The predicted molar refractivity (Wildman–Crippen MR) is 81.5 cm³/mol. The molecular weight excluding hydrogens is 288 g/mol. The number of amides is 1. The van der Waals surface area contributed by atoms with E-state index < -0.39 is 15.4 Å². The van der Waals surface area contributed by atoms with E-state index in [9.17, 15) is 13.2 Å². The molecule has 6 heteroatoms. The highest BCUT2D eigenvalue weighted by atomic mass is 32.2. The number of carbonyl (C=O) groups is 1. The molecule has 0 aromatic heterocycles. The Morgan fingerprint density at radius 3 is 2.76 bits per heavy atom. The summed E-state index contributed by atoms with van der Waals surface area (Å²) in [6.45, 7) is 1.97. The average molecular weight is 306 g/mol. The van der Waals surface area contributed by atoms with Crippen molar-refractivity contribution in [2.24, 2.45) is 5.73 Å². The standard InChI is InChI=1S/C15H18N2O3S/c1-15(8-10-21(19,20)11-15)17-14(18)13-7-3-2-5-12(13)6-4-9-16/h2-3,5,7H,8-11,16H2,1H3,(H,17,18). The predicted octanol–water partition coefficient (Wildman–Crippen LogP) is 0.304. The zero-order chi connectivity index (χ0) is 15.5. The summed E-state index contributed by atoms with van der Waals surface area (Å²) < 4.78 is 23.2. The number of benzene rings is 1. The van der Waals surface area contributed by atoms with Crippen LogP contribution in [0.2, 0.25) is 0 Å². The molecule has 1 heterocycles. The summed E-state index contributed by atoms with van der Waals surface area (Å²) in [5.41, 5.74) is 5.65. The van der Waals surface area contributed by atoms with Crippen LogP contribution in [0.1, 0.15) is 29.3 Å². The molecule has 1 aromatic rings. The Hall–Kier alpha value is -1.84. The molecule has 2 rings (SSSR count). The summed E-state index contributed by atoms with van der Waals surface area (Å²) >= 11 is 0. The topological polar surface area (TPSA) is 89.3 Å². The van der Waals surface area contributed by atoms with E-state index in [2.05, 4.69) is 17.2 Å². The lowest BCUT2D eigenvalue weighted by molar-refractivity contribution is 0.0915. The second-order valence-electron chi connectivity index (χ2n) is 5.41. The number of rotatable bonds is 2. The van der Waals surface area contributed by atoms with E-state index in [1.807, 2.05) is 0 Å². The van der Waals surface area contributed by atoms with Crippen molar-refractivity contribution < 1.29 is 13.2 Å². The van der Waals surface area contributed by atoms with Gasteiger partial charge >= 0.3 is 0 Å². The van der Waals surface area contributed by atoms with Crippen LogP contribution in [-0.4, -0.2) is 37.9 Å². The molecule has 1 unspecified atom stereocenters. The quantitative estimate of drug-likeness (QED) is 0.769. The molecule has 1 atom stereocenters. The summed E-state index contributed by atoms with van der Waals surface area (Å²) in [6, 6.07) is 6.95. The molecule has 1 fully saturated rings. The van der Waals surface area contributed by atoms with Crippen LogP contribution < -0.4 is 11.1 Å². The summed E-state index contributed by atoms with van der Waals surface area (Å²) in [4.78, 5) is 12.4. The van der Waals surface area contributed by atoms with Gasteiger partial charge in [-0.05, 0) is 25.5 Å². The summed E-state index contributed by atoms with van der Waals surface area (Å²) in [6.07, 6.45) is 0.428. The zero-order valence-electron chi connectivity index (χ0n) is 11.8. The summed E-state index contributed by atoms with van der Waals surface area (Å²) in [5.74, 6) is 5.35. The van der Waals surface area contributed by atoms with Crippen LogP contribution in [0.5, 0.6) is 0 Å². The van der Waals surface area contributed by atoms with E-state index in [0.717, 1.165) is 0 Å². The molecule has 0 bridgehead atoms. The van der Waals surface area contributed by atoms with Crippen molar-refractivity contribution in [3.05, 3.63) is 35.4 Å². The lowest BCUT2D eigenvalue weighted by atomic mass is 10.00. The maximum absolute atomic E-state index is 12.4. The fraction of sp³-hybridized carbons (Fsp3) is 0.400. The van der Waals surface area contributed by atoms with Gasteiger partial charge in [-0.2, -0.15) is 0 Å². The lowest BCUT2D eigenvalue weighted by Gasteiger charge is -2.24. The smallest absolute Gasteiger partial charge is 0.252 e. The van der Waals surface area contributed by atoms with Gasteiger partial charge in [0.1, 0.15) is 0 Å². The van der Waals surface area contributed by atoms with Crippen LogP contribution >= 0.6 is 0 Å². The molecule has 1 aliphatic heterocycles. The lowest BCUT2D eigenvalue weighted by Crippen LogP contribution is -2.47. The van der Waals surface area contributed by atoms with Gasteiger partial charge in [-0.15, -0.1) is 0 Å². The Kier molecular flexibility index (Phi) is 4.35. The van der Waals surface area contributed by atoms with E-state index in [4.69, 9.17) is 5.73 Å². The number of sulfone groups is 1. The van der Waals surface area contributed by atoms with E-state index in [1.165, 1.54) is 0 Å². The van der Waals surface area contributed by atoms with Crippen LogP contribution in [0, 0.1) is 11.8 Å². The van der Waals surface area contributed by atoms with Crippen LogP contribution in [0.4, 0.5) is 0 Å². The highest BCUT2D eigenvalue weighted by Gasteiger charge is 2.39. The third-order valence-corrected chi connectivity index (χ3v) is 5.32. The molecule has 5 nitrogen and oxygen atoms in total. The van der Waals surface area contributed by atoms with Gasteiger partial charge in [0.05, 0.1) is 29.2 Å². The molecule has 1 amide bonds. The first-order chi connectivity index (χ1) is 9.85. The molecule has 0 aliphatic carbocycles. The molecule has 1 aliphatic rings. The number of hydrogen-bond acceptors (Lipinski definition) is 4. The average Bonchev–Trinajstić information content (AvgIpc) is 2.70. The van der Waals surface area contributed by atoms with Gasteiger partial charge in [0, 0.05) is 5.56 Å². The highest BCUT2D eigenvalue weighted by molar-refractivity contribution is 7.91. The van der Waals surface area contributed by atoms with Crippen molar-refractivity contribution in [1.29, 1.82) is 0 Å². The number of hydrogen-bond donors (Lipinski definition) is 2. The van der Waals surface area contributed by atoms with Gasteiger partial charge in [-0.1, -0.05) is 24.0 Å². The summed E-state index contributed by atoms with van der Waals surface area (Å²) in [5, 5.41) is 2.83. The minimum Gasteiger partial charge on any atom is -0.346 e. The van der Waals surface area contributed by atoms with Crippen molar-refractivity contribution in [2.75, 3.05) is 18.1 Å². The van der Waals surface area contributed by atoms with Gasteiger partial charge in [0.15, 0.2) is 9.84 Å². The fourth-order valence-corrected chi connectivity index (χ4v) is 4.48. The van der Waals surface area contributed by atoms with Crippen LogP contribution in [0.3, 0.4) is 0 Å². The molecule has 3 N–H and O–H groups in total. The second-order valence-corrected chi connectivity index (χ2v) is 7.59. The first-order valence-electron chi connectivity index (χ1n) is 6.66. The van der Waals surface area contributed by atoms with Crippen molar-refractivity contribution in [1.82, 2.24) is 5.32 Å². The van der Waals surface area contributed by atoms with Crippen LogP contribution in [0.25, 0.3) is 0 Å². The number of carbonyl (C=O) groups excluding carboxylic acids is 1. The van der Waals surface area contributed by atoms with E-state index >= 15 is 0 Å². The molecule has 1 saturated heterocycles. The van der Waals surface area contributed by atoms with Gasteiger partial charge in [0.2, 0.25) is 0 Å². The van der Waals surface area contributed by atoms with Gasteiger partial charge < -0.3 is 11.1 Å². The van der Waals surface area contributed by atoms with Gasteiger partial charge in [-0.3, -0.25) is 4.79 Å². The zero-order valence-corrected chi connectivity index (χ0v) is 12.7. The molecular formula is C15H18N2O3S. The van der Waals surface area contributed by atoms with Crippen molar-refractivity contribution in [2.45, 2.75) is 18.9 Å². The molecule has 0 radical (unpaired) electrons. The first kappa shape index (κ1) is 15.5. The van der Waals surface area contributed by atoms with E-state index in [0.29, 0.717) is 17.5 Å². The minimum absolute atomic E-state index is 0.0254. The van der Waals surface area contributed by atoms with Crippen LogP contribution in [0.15, 0.2) is 24.3 Å². The monoisotopic (exact) mass is 306 g/mol. The second kappa shape index (κ2) is 5.88. The Morgan fingerprint density at radius 1 is 1.43 bits per heavy atom. The Bertz CT molecular complexity index is 716. The molecule has 1 aromatic carbocycles. The number of nitrogens with two attached hydrogens (primary N) is 1. The van der Waals surface area contributed by atoms with Crippen molar-refractivity contribution in [3.8, 4) is 11.8 Å². The molecule has 112 valence electrons. The fourth-order valence-electron chi connectivity index (χ4n) is 2.39. The first-order valence-corrected chi connectivity index (χ1v) is 8.48. The third-order valence-electron chi connectivity index (χ3n) is 3.42.